The second-order valence-electron chi connectivity index (χ2n) is 5.39. The van der Waals surface area contributed by atoms with Crippen LogP contribution in [0, 0.1) is 0 Å². The molecule has 3 rings (SSSR count). The summed E-state index contributed by atoms with van der Waals surface area (Å²) in [6.45, 7) is 2.49. The highest BCUT2D eigenvalue weighted by Gasteiger charge is 2.11. The summed E-state index contributed by atoms with van der Waals surface area (Å²) in [5, 5.41) is 20.3. The highest BCUT2D eigenvalue weighted by molar-refractivity contribution is 5.94. The van der Waals surface area contributed by atoms with Gasteiger partial charge >= 0.3 is 0 Å². The Balaban J connectivity index is 1.68. The number of hydrogen-bond acceptors (Lipinski definition) is 5. The normalized spacial score (nSPS) is 10.8. The van der Waals surface area contributed by atoms with E-state index in [2.05, 4.69) is 20.7 Å². The van der Waals surface area contributed by atoms with E-state index >= 15 is 0 Å². The second-order valence-corrected chi connectivity index (χ2v) is 5.39. The number of hydrazone groups is 1. The van der Waals surface area contributed by atoms with Gasteiger partial charge in [0.25, 0.3) is 5.91 Å². The number of carbonyl (C=O) groups excluding carboxylic acids is 1. The van der Waals surface area contributed by atoms with E-state index < -0.39 is 5.91 Å². The molecule has 26 heavy (non-hydrogen) atoms. The summed E-state index contributed by atoms with van der Waals surface area (Å²) in [6.07, 6.45) is 1.37. The van der Waals surface area contributed by atoms with Crippen molar-refractivity contribution >= 4 is 12.1 Å². The number of carbonyl (C=O) groups is 1. The Labute approximate surface area is 150 Å². The molecule has 1 heterocycles. The summed E-state index contributed by atoms with van der Waals surface area (Å²) >= 11 is 0. The Morgan fingerprint density at radius 3 is 2.92 bits per heavy atom. The van der Waals surface area contributed by atoms with Crippen LogP contribution in [0.15, 0.2) is 59.7 Å². The maximum atomic E-state index is 12.2. The molecule has 132 valence electrons. The number of hydrogen-bond donors (Lipinski definition) is 3. The first-order valence-electron chi connectivity index (χ1n) is 8.07. The topological polar surface area (TPSA) is 99.6 Å². The number of para-hydroxylation sites is 1. The van der Waals surface area contributed by atoms with Crippen LogP contribution in [0.1, 0.15) is 23.0 Å². The molecule has 2 aromatic carbocycles. The lowest BCUT2D eigenvalue weighted by atomic mass is 10.1. The molecule has 0 aliphatic rings. The Bertz CT molecular complexity index is 934. The van der Waals surface area contributed by atoms with Crippen LogP contribution >= 0.6 is 0 Å². The van der Waals surface area contributed by atoms with E-state index in [-0.39, 0.29) is 11.4 Å². The lowest BCUT2D eigenvalue weighted by Gasteiger charge is -2.03. The molecule has 7 heteroatoms. The molecule has 0 atom stereocenters. The van der Waals surface area contributed by atoms with Gasteiger partial charge in [-0.25, -0.2) is 5.43 Å². The van der Waals surface area contributed by atoms with Crippen molar-refractivity contribution in [2.24, 2.45) is 5.10 Å². The van der Waals surface area contributed by atoms with Gasteiger partial charge in [0.2, 0.25) is 0 Å². The molecule has 0 bridgehead atoms. The van der Waals surface area contributed by atoms with Crippen molar-refractivity contribution in [1.29, 1.82) is 0 Å². The van der Waals surface area contributed by atoms with Gasteiger partial charge < -0.3 is 9.84 Å². The van der Waals surface area contributed by atoms with Gasteiger partial charge in [-0.05, 0) is 37.3 Å². The standard InChI is InChI=1S/C19H18N4O3/c1-2-26-15-8-5-7-13(10-15)16-11-17(22-21-16)19(25)23-20-12-14-6-3-4-9-18(14)24/h3-12,24H,2H2,1H3,(H,21,22)(H,23,25)/b20-12-. The fourth-order valence-corrected chi connectivity index (χ4v) is 2.32. The molecule has 0 aliphatic carbocycles. The van der Waals surface area contributed by atoms with Gasteiger partial charge in [-0.1, -0.05) is 24.3 Å². The third-order valence-corrected chi connectivity index (χ3v) is 3.57. The van der Waals surface area contributed by atoms with Gasteiger partial charge in [0.15, 0.2) is 0 Å². The molecular formula is C19H18N4O3. The summed E-state index contributed by atoms with van der Waals surface area (Å²) in [7, 11) is 0. The van der Waals surface area contributed by atoms with Crippen molar-refractivity contribution in [2.45, 2.75) is 6.92 Å². The zero-order valence-corrected chi connectivity index (χ0v) is 14.1. The van der Waals surface area contributed by atoms with Gasteiger partial charge in [0.05, 0.1) is 18.5 Å². The molecule has 0 spiro atoms. The van der Waals surface area contributed by atoms with Crippen LogP contribution in [-0.4, -0.2) is 34.0 Å². The van der Waals surface area contributed by atoms with Crippen LogP contribution in [0.25, 0.3) is 11.3 Å². The lowest BCUT2D eigenvalue weighted by molar-refractivity contribution is 0.0950. The highest BCUT2D eigenvalue weighted by Crippen LogP contribution is 2.22. The van der Waals surface area contributed by atoms with Crippen LogP contribution < -0.4 is 10.2 Å². The van der Waals surface area contributed by atoms with Crippen molar-refractivity contribution in [1.82, 2.24) is 15.6 Å². The van der Waals surface area contributed by atoms with Crippen molar-refractivity contribution in [3.05, 3.63) is 65.9 Å². The minimum atomic E-state index is -0.434. The van der Waals surface area contributed by atoms with E-state index in [0.717, 1.165) is 11.3 Å². The van der Waals surface area contributed by atoms with Crippen LogP contribution in [0.3, 0.4) is 0 Å². The molecule has 0 aliphatic heterocycles. The summed E-state index contributed by atoms with van der Waals surface area (Å²) in [5.41, 5.74) is 4.64. The largest absolute Gasteiger partial charge is 0.507 e. The number of aromatic hydroxyl groups is 1. The lowest BCUT2D eigenvalue weighted by Crippen LogP contribution is -2.18. The fraction of sp³-hybridized carbons (Fsp3) is 0.105. The average molecular weight is 350 g/mol. The maximum Gasteiger partial charge on any atom is 0.289 e. The van der Waals surface area contributed by atoms with Crippen LogP contribution in [0.5, 0.6) is 11.5 Å². The van der Waals surface area contributed by atoms with Gasteiger partial charge in [-0.3, -0.25) is 9.89 Å². The Morgan fingerprint density at radius 2 is 2.12 bits per heavy atom. The number of ether oxygens (including phenoxy) is 1. The monoisotopic (exact) mass is 350 g/mol. The molecule has 0 unspecified atom stereocenters. The van der Waals surface area contributed by atoms with Gasteiger partial charge in [-0.2, -0.15) is 10.2 Å². The van der Waals surface area contributed by atoms with E-state index in [0.29, 0.717) is 17.9 Å². The van der Waals surface area contributed by atoms with Crippen LogP contribution in [0.2, 0.25) is 0 Å². The minimum Gasteiger partial charge on any atom is -0.507 e. The van der Waals surface area contributed by atoms with Crippen LogP contribution in [0.4, 0.5) is 0 Å². The molecule has 3 aromatic rings. The maximum absolute atomic E-state index is 12.2. The number of aromatic nitrogens is 2. The van der Waals surface area contributed by atoms with Gasteiger partial charge in [0, 0.05) is 11.1 Å². The summed E-state index contributed by atoms with van der Waals surface area (Å²) in [5.74, 6) is 0.395. The van der Waals surface area contributed by atoms with Gasteiger partial charge in [0.1, 0.15) is 17.2 Å². The minimum absolute atomic E-state index is 0.0866. The quantitative estimate of drug-likeness (QED) is 0.470. The smallest absolute Gasteiger partial charge is 0.289 e. The van der Waals surface area contributed by atoms with Gasteiger partial charge in [-0.15, -0.1) is 0 Å². The summed E-state index contributed by atoms with van der Waals surface area (Å²) < 4.78 is 5.47. The molecule has 1 aromatic heterocycles. The number of rotatable bonds is 6. The predicted molar refractivity (Wildman–Crippen MR) is 98.4 cm³/mol. The van der Waals surface area contributed by atoms with Crippen molar-refractivity contribution < 1.29 is 14.6 Å². The van der Waals surface area contributed by atoms with E-state index in [1.807, 2.05) is 31.2 Å². The van der Waals surface area contributed by atoms with E-state index in [1.54, 1.807) is 30.3 Å². The molecule has 0 radical (unpaired) electrons. The highest BCUT2D eigenvalue weighted by atomic mass is 16.5. The first-order chi connectivity index (χ1) is 12.7. The number of aromatic amines is 1. The molecule has 7 nitrogen and oxygen atoms in total. The van der Waals surface area contributed by atoms with Crippen molar-refractivity contribution in [3.63, 3.8) is 0 Å². The third kappa shape index (κ3) is 4.07. The molecular weight excluding hydrogens is 332 g/mol. The number of H-pyrrole nitrogens is 1. The molecule has 0 saturated carbocycles. The summed E-state index contributed by atoms with van der Waals surface area (Å²) in [4.78, 5) is 12.2. The number of nitrogens with one attached hydrogen (secondary N) is 2. The Morgan fingerprint density at radius 1 is 1.27 bits per heavy atom. The average Bonchev–Trinajstić information content (AvgIpc) is 3.14. The Kier molecular flexibility index (Phi) is 5.28. The Hall–Kier alpha value is -3.61. The first-order valence-corrected chi connectivity index (χ1v) is 8.07. The first kappa shape index (κ1) is 17.2. The van der Waals surface area contributed by atoms with E-state index in [1.165, 1.54) is 6.21 Å². The number of nitrogens with zero attached hydrogens (tertiary/aromatic N) is 2. The molecule has 1 amide bonds. The van der Waals surface area contributed by atoms with E-state index in [4.69, 9.17) is 4.74 Å². The zero-order chi connectivity index (χ0) is 18.4. The molecule has 0 saturated heterocycles. The van der Waals surface area contributed by atoms with Crippen molar-refractivity contribution in [3.8, 4) is 22.8 Å². The summed E-state index contributed by atoms with van der Waals surface area (Å²) in [6, 6.07) is 15.8. The number of amides is 1. The molecule has 3 N–H and O–H groups in total. The number of phenolic OH excluding ortho intramolecular Hbond substituents is 1. The third-order valence-electron chi connectivity index (χ3n) is 3.57. The predicted octanol–water partition coefficient (Wildman–Crippen LogP) is 2.94. The number of benzene rings is 2. The van der Waals surface area contributed by atoms with E-state index in [9.17, 15) is 9.90 Å². The number of phenols is 1. The zero-order valence-electron chi connectivity index (χ0n) is 14.1. The van der Waals surface area contributed by atoms with Crippen molar-refractivity contribution in [2.75, 3.05) is 6.61 Å². The van der Waals surface area contributed by atoms with Crippen LogP contribution in [-0.2, 0) is 0 Å². The fourth-order valence-electron chi connectivity index (χ4n) is 2.32. The SMILES string of the molecule is CCOc1cccc(-c2cc(C(=O)N/N=C\c3ccccc3O)[nH]n2)c1. The molecule has 0 fully saturated rings. The second kappa shape index (κ2) is 7.98.